The molecular formula is C23H23ClFN5. The zero-order chi connectivity index (χ0) is 22.1. The maximum Gasteiger partial charge on any atom is 0.127 e. The van der Waals surface area contributed by atoms with Crippen molar-refractivity contribution in [3.63, 3.8) is 0 Å². The third kappa shape index (κ3) is 6.06. The molecule has 0 aliphatic carbocycles. The van der Waals surface area contributed by atoms with Gasteiger partial charge in [-0.25, -0.2) is 9.37 Å². The molecule has 2 rings (SSSR count). The van der Waals surface area contributed by atoms with Crippen LogP contribution < -0.4 is 5.32 Å². The van der Waals surface area contributed by atoms with E-state index in [2.05, 4.69) is 33.4 Å². The highest BCUT2D eigenvalue weighted by Gasteiger charge is 2.12. The van der Waals surface area contributed by atoms with Gasteiger partial charge in [0.15, 0.2) is 0 Å². The molecule has 1 aromatic heterocycles. The monoisotopic (exact) mass is 423 g/mol. The first-order valence-corrected chi connectivity index (χ1v) is 9.51. The van der Waals surface area contributed by atoms with Crippen molar-refractivity contribution in [1.82, 2.24) is 15.3 Å². The second-order valence-electron chi connectivity index (χ2n) is 6.28. The first-order valence-electron chi connectivity index (χ1n) is 9.13. The lowest BCUT2D eigenvalue weighted by molar-refractivity contribution is 0.612. The average Bonchev–Trinajstić information content (AvgIpc) is 2.73. The Morgan fingerprint density at radius 2 is 2.17 bits per heavy atom. The Hall–Kier alpha value is -3.38. The van der Waals surface area contributed by atoms with Gasteiger partial charge in [0, 0.05) is 36.3 Å². The Kier molecular flexibility index (Phi) is 8.38. The number of aliphatic imine (C=N–C) groups is 1. The lowest BCUT2D eigenvalue weighted by Gasteiger charge is -2.12. The summed E-state index contributed by atoms with van der Waals surface area (Å²) < 4.78 is 14.7. The second-order valence-corrected chi connectivity index (χ2v) is 6.69. The largest absolute Gasteiger partial charge is 0.358 e. The van der Waals surface area contributed by atoms with Crippen LogP contribution in [0.2, 0.25) is 0 Å². The highest BCUT2D eigenvalue weighted by molar-refractivity contribution is 6.49. The molecule has 0 bridgehead atoms. The van der Waals surface area contributed by atoms with Crippen LogP contribution in [0.25, 0.3) is 16.3 Å². The van der Waals surface area contributed by atoms with Gasteiger partial charge in [-0.1, -0.05) is 36.9 Å². The Balaban J connectivity index is 2.24. The molecule has 0 radical (unpaired) electrons. The highest BCUT2D eigenvalue weighted by Crippen LogP contribution is 2.25. The summed E-state index contributed by atoms with van der Waals surface area (Å²) in [6.07, 6.45) is 9.24. The van der Waals surface area contributed by atoms with Gasteiger partial charge in [-0.05, 0) is 37.6 Å². The number of hydrogen-bond donors (Lipinski definition) is 2. The van der Waals surface area contributed by atoms with Crippen molar-refractivity contribution in [2.75, 3.05) is 0 Å². The van der Waals surface area contributed by atoms with E-state index in [-0.39, 0.29) is 5.82 Å². The molecule has 0 atom stereocenters. The number of benzene rings is 1. The van der Waals surface area contributed by atoms with Crippen LogP contribution >= 0.6 is 11.6 Å². The molecule has 2 aromatic rings. The zero-order valence-electron chi connectivity index (χ0n) is 16.9. The molecule has 1 aromatic carbocycles. The Morgan fingerprint density at radius 1 is 1.40 bits per heavy atom. The molecule has 0 aliphatic rings. The number of rotatable bonds is 9. The summed E-state index contributed by atoms with van der Waals surface area (Å²) in [6.45, 7) is 11.2. The number of nitrogens with zero attached hydrogens (tertiary/aromatic N) is 3. The summed E-state index contributed by atoms with van der Waals surface area (Å²) in [5.41, 5.74) is 3.92. The van der Waals surface area contributed by atoms with Crippen LogP contribution in [0.15, 0.2) is 72.3 Å². The Labute approximate surface area is 181 Å². The minimum Gasteiger partial charge on any atom is -0.358 e. The smallest absolute Gasteiger partial charge is 0.127 e. The second kappa shape index (κ2) is 11.0. The standard InChI is InChI=1S/C23H23ClFN5/c1-5-19(13-27-6-2)29-15(3)11-17-7-8-18(12-21(17)25)22-14-28-16(4)23(30-22)20(24)9-10-26/h5-10,12-14,26,29H,1,3,11H2,2,4H3/b19-13+,20-9+,26-10?,27-6-. The minimum atomic E-state index is -0.379. The van der Waals surface area contributed by atoms with Crippen molar-refractivity contribution in [3.8, 4) is 11.3 Å². The third-order valence-electron chi connectivity index (χ3n) is 4.07. The van der Waals surface area contributed by atoms with Gasteiger partial charge in [0.25, 0.3) is 0 Å². The van der Waals surface area contributed by atoms with Crippen LogP contribution in [-0.2, 0) is 6.42 Å². The Morgan fingerprint density at radius 3 is 2.80 bits per heavy atom. The normalized spacial score (nSPS) is 12.1. The molecule has 0 amide bonds. The molecular weight excluding hydrogens is 401 g/mol. The van der Waals surface area contributed by atoms with Crippen LogP contribution in [0.1, 0.15) is 23.9 Å². The number of allylic oxidation sites excluding steroid dienone is 3. The first kappa shape index (κ1) is 22.9. The number of hydrogen-bond acceptors (Lipinski definition) is 5. The minimum absolute atomic E-state index is 0.297. The molecule has 2 N–H and O–H groups in total. The van der Waals surface area contributed by atoms with Gasteiger partial charge in [-0.15, -0.1) is 0 Å². The van der Waals surface area contributed by atoms with Crippen molar-refractivity contribution in [1.29, 1.82) is 5.41 Å². The molecule has 5 nitrogen and oxygen atoms in total. The van der Waals surface area contributed by atoms with Gasteiger partial charge < -0.3 is 10.7 Å². The van der Waals surface area contributed by atoms with Gasteiger partial charge >= 0.3 is 0 Å². The summed E-state index contributed by atoms with van der Waals surface area (Å²) in [5, 5.41) is 10.5. The predicted molar refractivity (Wildman–Crippen MR) is 123 cm³/mol. The van der Waals surface area contributed by atoms with E-state index in [9.17, 15) is 4.39 Å². The summed E-state index contributed by atoms with van der Waals surface area (Å²) >= 11 is 6.17. The van der Waals surface area contributed by atoms with E-state index in [1.54, 1.807) is 43.7 Å². The predicted octanol–water partition coefficient (Wildman–Crippen LogP) is 5.58. The van der Waals surface area contributed by atoms with Gasteiger partial charge in [0.05, 0.1) is 28.3 Å². The van der Waals surface area contributed by atoms with Gasteiger partial charge in [-0.3, -0.25) is 9.98 Å². The molecule has 0 aliphatic heterocycles. The maximum atomic E-state index is 14.7. The van der Waals surface area contributed by atoms with E-state index in [0.717, 1.165) is 6.21 Å². The van der Waals surface area contributed by atoms with Gasteiger partial charge in [-0.2, -0.15) is 0 Å². The maximum absolute atomic E-state index is 14.7. The fraction of sp³-hybridized carbons (Fsp3) is 0.130. The Bertz CT molecular complexity index is 1050. The lowest BCUT2D eigenvalue weighted by atomic mass is 10.0. The molecule has 7 heteroatoms. The quantitative estimate of drug-likeness (QED) is 0.408. The van der Waals surface area contributed by atoms with Crippen LogP contribution in [-0.4, -0.2) is 22.4 Å². The molecule has 0 spiro atoms. The summed E-state index contributed by atoms with van der Waals surface area (Å²) in [5.74, 6) is -0.379. The van der Waals surface area contributed by atoms with E-state index < -0.39 is 0 Å². The van der Waals surface area contributed by atoms with E-state index in [1.807, 2.05) is 6.92 Å². The topological polar surface area (TPSA) is 74.0 Å². The van der Waals surface area contributed by atoms with Crippen LogP contribution in [0.3, 0.4) is 0 Å². The number of aromatic nitrogens is 2. The lowest BCUT2D eigenvalue weighted by Crippen LogP contribution is -2.13. The van der Waals surface area contributed by atoms with Crippen LogP contribution in [0.5, 0.6) is 0 Å². The van der Waals surface area contributed by atoms with E-state index >= 15 is 0 Å². The van der Waals surface area contributed by atoms with Crippen molar-refractivity contribution in [2.45, 2.75) is 20.3 Å². The van der Waals surface area contributed by atoms with E-state index in [4.69, 9.17) is 17.0 Å². The van der Waals surface area contributed by atoms with Gasteiger partial charge in [0.2, 0.25) is 0 Å². The van der Waals surface area contributed by atoms with Crippen molar-refractivity contribution in [2.24, 2.45) is 4.99 Å². The van der Waals surface area contributed by atoms with Crippen LogP contribution in [0.4, 0.5) is 4.39 Å². The molecule has 30 heavy (non-hydrogen) atoms. The fourth-order valence-electron chi connectivity index (χ4n) is 2.59. The molecule has 0 saturated heterocycles. The SMILES string of the molecule is C=C/C(=C\N=C/C)NC(=C)Cc1ccc(-c2cnc(C)c(/C(Cl)=C\C=N)n2)cc1F. The fourth-order valence-corrected chi connectivity index (χ4v) is 2.83. The molecule has 0 unspecified atom stereocenters. The summed E-state index contributed by atoms with van der Waals surface area (Å²) in [7, 11) is 0. The number of aryl methyl sites for hydroxylation is 1. The van der Waals surface area contributed by atoms with E-state index in [0.29, 0.717) is 51.1 Å². The average molecular weight is 424 g/mol. The van der Waals surface area contributed by atoms with Crippen LogP contribution in [0, 0.1) is 18.2 Å². The molecule has 154 valence electrons. The zero-order valence-corrected chi connectivity index (χ0v) is 17.7. The van der Waals surface area contributed by atoms with Crippen molar-refractivity contribution >= 4 is 29.1 Å². The highest BCUT2D eigenvalue weighted by atomic mass is 35.5. The van der Waals surface area contributed by atoms with Crippen molar-refractivity contribution < 1.29 is 4.39 Å². The summed E-state index contributed by atoms with van der Waals surface area (Å²) in [4.78, 5) is 12.8. The van der Waals surface area contributed by atoms with E-state index in [1.165, 1.54) is 12.1 Å². The number of halogens is 2. The molecule has 1 heterocycles. The number of nitrogens with one attached hydrogen (secondary N) is 2. The summed E-state index contributed by atoms with van der Waals surface area (Å²) in [6, 6.07) is 4.87. The molecule has 0 saturated carbocycles. The molecule has 0 fully saturated rings. The first-order chi connectivity index (χ1) is 14.4. The van der Waals surface area contributed by atoms with Crippen molar-refractivity contribution in [3.05, 3.63) is 90.1 Å². The van der Waals surface area contributed by atoms with Gasteiger partial charge in [0.1, 0.15) is 11.5 Å². The third-order valence-corrected chi connectivity index (χ3v) is 4.37.